The molecule has 0 N–H and O–H groups in total. The van der Waals surface area contributed by atoms with E-state index >= 15 is 0 Å². The van der Waals surface area contributed by atoms with Gasteiger partial charge in [-0.05, 0) is 41.5 Å². The van der Waals surface area contributed by atoms with E-state index in [1.165, 1.54) is 10.1 Å². The van der Waals surface area contributed by atoms with Crippen LogP contribution in [-0.4, -0.2) is 25.4 Å². The maximum absolute atomic E-state index is 11.5. The number of ketones is 1. The first-order chi connectivity index (χ1) is 9.45. The standard InChI is InChI=1S/C16H24OS2Si/c1-14(17)12-16(19-11-7-10-18)20(2,3)13-15-8-5-4-6-9-15/h4-6,8-9,12,18H,7,10-11,13H2,1-3H3/b16-12-. The molecule has 0 spiro atoms. The molecule has 0 aromatic heterocycles. The van der Waals surface area contributed by atoms with Crippen LogP contribution in [0.3, 0.4) is 0 Å². The van der Waals surface area contributed by atoms with Gasteiger partial charge in [0.1, 0.15) is 0 Å². The van der Waals surface area contributed by atoms with E-state index in [2.05, 4.69) is 50.0 Å². The van der Waals surface area contributed by atoms with E-state index in [4.69, 9.17) is 0 Å². The van der Waals surface area contributed by atoms with Crippen LogP contribution in [0.4, 0.5) is 0 Å². The van der Waals surface area contributed by atoms with Crippen LogP contribution >= 0.6 is 24.4 Å². The first-order valence-electron chi connectivity index (χ1n) is 6.96. The highest BCUT2D eigenvalue weighted by atomic mass is 32.2. The molecule has 0 radical (unpaired) electrons. The quantitative estimate of drug-likeness (QED) is 0.327. The van der Waals surface area contributed by atoms with Gasteiger partial charge < -0.3 is 0 Å². The summed E-state index contributed by atoms with van der Waals surface area (Å²) in [5.74, 6) is 2.11. The summed E-state index contributed by atoms with van der Waals surface area (Å²) in [5.41, 5.74) is 1.37. The van der Waals surface area contributed by atoms with E-state index in [0.717, 1.165) is 24.0 Å². The lowest BCUT2D eigenvalue weighted by Gasteiger charge is -2.25. The van der Waals surface area contributed by atoms with E-state index in [-0.39, 0.29) is 5.78 Å². The van der Waals surface area contributed by atoms with Gasteiger partial charge >= 0.3 is 0 Å². The smallest absolute Gasteiger partial charge is 0.153 e. The van der Waals surface area contributed by atoms with E-state index in [9.17, 15) is 4.79 Å². The van der Waals surface area contributed by atoms with Crippen LogP contribution in [0, 0.1) is 0 Å². The molecule has 0 unspecified atom stereocenters. The monoisotopic (exact) mass is 324 g/mol. The van der Waals surface area contributed by atoms with Crippen molar-refractivity contribution in [1.82, 2.24) is 0 Å². The van der Waals surface area contributed by atoms with Crippen LogP contribution in [0.2, 0.25) is 13.1 Å². The summed E-state index contributed by atoms with van der Waals surface area (Å²) in [6.07, 6.45) is 2.94. The molecule has 110 valence electrons. The van der Waals surface area contributed by atoms with Gasteiger partial charge in [-0.25, -0.2) is 0 Å². The summed E-state index contributed by atoms with van der Waals surface area (Å²) in [5, 5.41) is 0. The molecule has 0 heterocycles. The summed E-state index contributed by atoms with van der Waals surface area (Å²) < 4.78 is 1.32. The lowest BCUT2D eigenvalue weighted by Crippen LogP contribution is -2.32. The molecule has 0 saturated carbocycles. The average molecular weight is 325 g/mol. The van der Waals surface area contributed by atoms with Crippen molar-refractivity contribution < 1.29 is 4.79 Å². The van der Waals surface area contributed by atoms with Crippen molar-refractivity contribution in [1.29, 1.82) is 0 Å². The Bertz CT molecular complexity index is 455. The summed E-state index contributed by atoms with van der Waals surface area (Å²) in [6, 6.07) is 11.7. The van der Waals surface area contributed by atoms with Crippen molar-refractivity contribution >= 4 is 38.2 Å². The van der Waals surface area contributed by atoms with Crippen LogP contribution < -0.4 is 0 Å². The van der Waals surface area contributed by atoms with Crippen molar-refractivity contribution in [3.05, 3.63) is 46.5 Å². The largest absolute Gasteiger partial charge is 0.295 e. The third kappa shape index (κ3) is 6.33. The van der Waals surface area contributed by atoms with Gasteiger partial charge in [0.25, 0.3) is 0 Å². The Kier molecular flexibility index (Phi) is 7.70. The molecule has 1 aromatic carbocycles. The van der Waals surface area contributed by atoms with Gasteiger partial charge in [-0.3, -0.25) is 4.79 Å². The highest BCUT2D eigenvalue weighted by molar-refractivity contribution is 8.05. The van der Waals surface area contributed by atoms with E-state index in [1.807, 2.05) is 23.9 Å². The van der Waals surface area contributed by atoms with Crippen molar-refractivity contribution in [2.24, 2.45) is 0 Å². The zero-order chi connectivity index (χ0) is 15.0. The van der Waals surface area contributed by atoms with Crippen LogP contribution in [0.5, 0.6) is 0 Å². The molecule has 0 saturated heterocycles. The third-order valence-corrected chi connectivity index (χ3v) is 9.15. The molecular weight excluding hydrogens is 300 g/mol. The minimum Gasteiger partial charge on any atom is -0.295 e. The lowest BCUT2D eigenvalue weighted by atomic mass is 10.2. The molecular formula is C16H24OS2Si. The predicted octanol–water partition coefficient (Wildman–Crippen LogP) is 4.54. The molecule has 1 aromatic rings. The van der Waals surface area contributed by atoms with Gasteiger partial charge in [0, 0.05) is 0 Å². The average Bonchev–Trinajstić information content (AvgIpc) is 2.38. The summed E-state index contributed by atoms with van der Waals surface area (Å²) >= 11 is 6.11. The highest BCUT2D eigenvalue weighted by Gasteiger charge is 2.27. The fourth-order valence-corrected chi connectivity index (χ4v) is 7.30. The maximum Gasteiger partial charge on any atom is 0.153 e. The number of hydrogen-bond acceptors (Lipinski definition) is 3. The first kappa shape index (κ1) is 17.6. The molecule has 20 heavy (non-hydrogen) atoms. The van der Waals surface area contributed by atoms with Gasteiger partial charge in [0.2, 0.25) is 0 Å². The Labute approximate surface area is 133 Å². The van der Waals surface area contributed by atoms with E-state index < -0.39 is 8.07 Å². The van der Waals surface area contributed by atoms with Gasteiger partial charge in [0.05, 0.1) is 8.07 Å². The van der Waals surface area contributed by atoms with Crippen LogP contribution in [0.1, 0.15) is 18.9 Å². The topological polar surface area (TPSA) is 17.1 Å². The molecule has 0 aliphatic rings. The van der Waals surface area contributed by atoms with Crippen LogP contribution in [0.25, 0.3) is 0 Å². The van der Waals surface area contributed by atoms with E-state index in [1.54, 1.807) is 6.92 Å². The Morgan fingerprint density at radius 2 is 1.95 bits per heavy atom. The van der Waals surface area contributed by atoms with Gasteiger partial charge in [-0.2, -0.15) is 12.6 Å². The zero-order valence-electron chi connectivity index (χ0n) is 12.6. The first-order valence-corrected chi connectivity index (χ1v) is 11.8. The molecule has 0 bridgehead atoms. The van der Waals surface area contributed by atoms with Crippen LogP contribution in [-0.2, 0) is 10.8 Å². The lowest BCUT2D eigenvalue weighted by molar-refractivity contribution is -0.112. The van der Waals surface area contributed by atoms with Crippen molar-refractivity contribution in [3.8, 4) is 0 Å². The second-order valence-corrected chi connectivity index (χ2v) is 12.2. The van der Waals surface area contributed by atoms with Crippen molar-refractivity contribution in [3.63, 3.8) is 0 Å². The van der Waals surface area contributed by atoms with Gasteiger partial charge in [0.15, 0.2) is 5.78 Å². The molecule has 1 nitrogen and oxygen atoms in total. The maximum atomic E-state index is 11.5. The second-order valence-electron chi connectivity index (χ2n) is 5.59. The number of benzene rings is 1. The highest BCUT2D eigenvalue weighted by Crippen LogP contribution is 2.30. The SMILES string of the molecule is CC(=O)/C=C(/SCCCS)[Si](C)(C)Cc1ccccc1. The molecule has 0 fully saturated rings. The summed E-state index contributed by atoms with van der Waals surface area (Å²) in [6.45, 7) is 6.34. The fraction of sp³-hybridized carbons (Fsp3) is 0.438. The Hall–Kier alpha value is -0.453. The molecule has 4 heteroatoms. The molecule has 0 aliphatic heterocycles. The number of rotatable bonds is 8. The van der Waals surface area contributed by atoms with Gasteiger partial charge in [-0.1, -0.05) is 49.0 Å². The number of thiol groups is 1. The van der Waals surface area contributed by atoms with Crippen molar-refractivity contribution in [2.75, 3.05) is 11.5 Å². The van der Waals surface area contributed by atoms with Crippen LogP contribution in [0.15, 0.2) is 40.9 Å². The normalized spacial score (nSPS) is 12.5. The Balaban J connectivity index is 2.84. The summed E-state index contributed by atoms with van der Waals surface area (Å²) in [4.78, 5) is 11.5. The molecule has 0 amide bonds. The number of carbonyl (C=O) groups excluding carboxylic acids is 1. The Morgan fingerprint density at radius 3 is 2.50 bits per heavy atom. The molecule has 1 rings (SSSR count). The zero-order valence-corrected chi connectivity index (χ0v) is 15.3. The van der Waals surface area contributed by atoms with E-state index in [0.29, 0.717) is 0 Å². The number of thioether (sulfide) groups is 1. The second kappa shape index (κ2) is 8.75. The Morgan fingerprint density at radius 1 is 1.30 bits per heavy atom. The fourth-order valence-electron chi connectivity index (χ4n) is 2.06. The number of hydrogen-bond donors (Lipinski definition) is 1. The predicted molar refractivity (Wildman–Crippen MR) is 97.3 cm³/mol. The number of allylic oxidation sites excluding steroid dienone is 1. The minimum absolute atomic E-state index is 0.159. The third-order valence-electron chi connectivity index (χ3n) is 3.05. The van der Waals surface area contributed by atoms with Gasteiger partial charge in [-0.15, -0.1) is 11.8 Å². The molecule has 0 atom stereocenters. The molecule has 0 aliphatic carbocycles. The summed E-state index contributed by atoms with van der Waals surface area (Å²) in [7, 11) is -1.61. The number of carbonyl (C=O) groups is 1. The van der Waals surface area contributed by atoms with Crippen molar-refractivity contribution in [2.45, 2.75) is 32.5 Å². The minimum atomic E-state index is -1.61.